The fourth-order valence-electron chi connectivity index (χ4n) is 3.06. The van der Waals surface area contributed by atoms with E-state index in [1.807, 2.05) is 35.0 Å². The van der Waals surface area contributed by atoms with Gasteiger partial charge in [-0.2, -0.15) is 0 Å². The lowest BCUT2D eigenvalue weighted by atomic mass is 10.2. The van der Waals surface area contributed by atoms with E-state index < -0.39 is 0 Å². The zero-order valence-corrected chi connectivity index (χ0v) is 17.0. The van der Waals surface area contributed by atoms with Crippen molar-refractivity contribution >= 4 is 17.0 Å². The van der Waals surface area contributed by atoms with Crippen LogP contribution >= 0.6 is 11.3 Å². The molecule has 144 valence electrons. The van der Waals surface area contributed by atoms with Crippen LogP contribution in [0.4, 0.5) is 0 Å². The number of fused-ring (bicyclic) bond motifs is 1. The quantitative estimate of drug-likeness (QED) is 0.479. The van der Waals surface area contributed by atoms with Crippen LogP contribution in [0.15, 0.2) is 54.2 Å². The van der Waals surface area contributed by atoms with Crippen molar-refractivity contribution in [1.29, 1.82) is 0 Å². The average molecular weight is 393 g/mol. The van der Waals surface area contributed by atoms with Crippen LogP contribution in [-0.2, 0) is 26.1 Å². The zero-order valence-electron chi connectivity index (χ0n) is 16.2. The van der Waals surface area contributed by atoms with E-state index in [-0.39, 0.29) is 0 Å². The molecule has 0 radical (unpaired) electrons. The molecule has 0 unspecified atom stereocenters. The highest BCUT2D eigenvalue weighted by atomic mass is 32.1. The summed E-state index contributed by atoms with van der Waals surface area (Å²) in [6.45, 7) is 6.27. The highest BCUT2D eigenvalue weighted by Gasteiger charge is 2.05. The maximum Gasteiger partial charge on any atom is 0.140 e. The van der Waals surface area contributed by atoms with Gasteiger partial charge in [0.25, 0.3) is 0 Å². The molecule has 1 N–H and O–H groups in total. The third-order valence-corrected chi connectivity index (χ3v) is 5.62. The normalized spacial score (nSPS) is 11.2. The van der Waals surface area contributed by atoms with Crippen molar-refractivity contribution in [3.05, 3.63) is 81.7 Å². The fraction of sp³-hybridized carbons (Fsp3) is 0.273. The van der Waals surface area contributed by atoms with Crippen LogP contribution in [0.5, 0.6) is 5.75 Å². The number of benzene rings is 1. The lowest BCUT2D eigenvalue weighted by Gasteiger charge is -2.07. The number of aryl methyl sites for hydroxylation is 2. The molecule has 4 rings (SSSR count). The number of imidazole rings is 1. The highest BCUT2D eigenvalue weighted by Crippen LogP contribution is 2.16. The van der Waals surface area contributed by atoms with E-state index in [1.165, 1.54) is 10.6 Å². The Morgan fingerprint density at radius 3 is 2.68 bits per heavy atom. The Morgan fingerprint density at radius 1 is 1.07 bits per heavy atom. The molecule has 0 saturated heterocycles. The number of aromatic nitrogens is 3. The topological polar surface area (TPSA) is 51.5 Å². The molecular formula is C22H24N4OS. The van der Waals surface area contributed by atoms with E-state index in [1.54, 1.807) is 11.3 Å². The maximum atomic E-state index is 5.90. The van der Waals surface area contributed by atoms with Crippen molar-refractivity contribution in [1.82, 2.24) is 19.7 Å². The van der Waals surface area contributed by atoms with Gasteiger partial charge in [0.05, 0.1) is 16.4 Å². The summed E-state index contributed by atoms with van der Waals surface area (Å²) in [6, 6.07) is 12.3. The summed E-state index contributed by atoms with van der Waals surface area (Å²) in [4.78, 5) is 9.22. The maximum absolute atomic E-state index is 5.90. The van der Waals surface area contributed by atoms with Crippen molar-refractivity contribution in [2.75, 3.05) is 0 Å². The predicted octanol–water partition coefficient (Wildman–Crippen LogP) is 4.53. The van der Waals surface area contributed by atoms with E-state index in [9.17, 15) is 0 Å². The number of rotatable bonds is 8. The first kappa shape index (κ1) is 18.7. The van der Waals surface area contributed by atoms with Gasteiger partial charge >= 0.3 is 0 Å². The molecule has 0 aliphatic carbocycles. The third kappa shape index (κ3) is 4.40. The molecule has 3 aromatic heterocycles. The number of thiazole rings is 1. The Morgan fingerprint density at radius 2 is 1.93 bits per heavy atom. The molecule has 28 heavy (non-hydrogen) atoms. The Labute approximate surface area is 169 Å². The van der Waals surface area contributed by atoms with Crippen LogP contribution in [-0.4, -0.2) is 14.4 Å². The second kappa shape index (κ2) is 8.54. The van der Waals surface area contributed by atoms with Crippen LogP contribution in [0.2, 0.25) is 0 Å². The second-order valence-electron chi connectivity index (χ2n) is 6.78. The standard InChI is InChI=1S/C22H24N4OS/c1-3-21-24-18(15-28-21)12-23-11-17-6-8-20(9-7-17)27-14-19-13-26-10-4-5-16(2)22(26)25-19/h4-10,13,15,23H,3,11-12,14H2,1-2H3. The first-order valence-electron chi connectivity index (χ1n) is 9.50. The molecule has 0 aliphatic rings. The summed E-state index contributed by atoms with van der Waals surface area (Å²) in [7, 11) is 0. The van der Waals surface area contributed by atoms with E-state index in [0.29, 0.717) is 6.61 Å². The molecule has 0 atom stereocenters. The number of nitrogens with one attached hydrogen (secondary N) is 1. The van der Waals surface area contributed by atoms with E-state index in [4.69, 9.17) is 4.74 Å². The smallest absolute Gasteiger partial charge is 0.140 e. The number of hydrogen-bond donors (Lipinski definition) is 1. The molecule has 3 heterocycles. The van der Waals surface area contributed by atoms with Crippen LogP contribution < -0.4 is 10.1 Å². The first-order valence-corrected chi connectivity index (χ1v) is 10.4. The number of pyridine rings is 1. The SMILES string of the molecule is CCc1nc(CNCc2ccc(OCc3cn4cccc(C)c4n3)cc2)cs1. The van der Waals surface area contributed by atoms with Crippen molar-refractivity contribution in [3.8, 4) is 5.75 Å². The molecule has 0 bridgehead atoms. The summed E-state index contributed by atoms with van der Waals surface area (Å²) in [6.07, 6.45) is 5.03. The Bertz CT molecular complexity index is 1050. The van der Waals surface area contributed by atoms with Crippen molar-refractivity contribution in [2.45, 2.75) is 40.0 Å². The predicted molar refractivity (Wildman–Crippen MR) is 113 cm³/mol. The summed E-state index contributed by atoms with van der Waals surface area (Å²) in [5.74, 6) is 0.851. The second-order valence-corrected chi connectivity index (χ2v) is 7.72. The van der Waals surface area contributed by atoms with Gasteiger partial charge in [-0.25, -0.2) is 9.97 Å². The van der Waals surface area contributed by atoms with Crippen LogP contribution in [0.25, 0.3) is 5.65 Å². The van der Waals surface area contributed by atoms with Gasteiger partial charge in [0.1, 0.15) is 18.0 Å². The van der Waals surface area contributed by atoms with Gasteiger partial charge < -0.3 is 14.5 Å². The Hall–Kier alpha value is -2.70. The lowest BCUT2D eigenvalue weighted by Crippen LogP contribution is -2.12. The molecule has 6 heteroatoms. The van der Waals surface area contributed by atoms with E-state index in [2.05, 4.69) is 52.7 Å². The molecule has 0 saturated carbocycles. The summed E-state index contributed by atoms with van der Waals surface area (Å²) < 4.78 is 7.94. The minimum absolute atomic E-state index is 0.461. The molecule has 1 aromatic carbocycles. The molecule has 0 amide bonds. The number of nitrogens with zero attached hydrogens (tertiary/aromatic N) is 3. The minimum atomic E-state index is 0.461. The monoisotopic (exact) mass is 392 g/mol. The van der Waals surface area contributed by atoms with Crippen molar-refractivity contribution < 1.29 is 4.74 Å². The van der Waals surface area contributed by atoms with Gasteiger partial charge in [0, 0.05) is 30.9 Å². The zero-order chi connectivity index (χ0) is 19.3. The Balaban J connectivity index is 1.28. The van der Waals surface area contributed by atoms with Crippen LogP contribution in [0.1, 0.15) is 34.4 Å². The van der Waals surface area contributed by atoms with Gasteiger partial charge in [-0.05, 0) is 42.7 Å². The molecule has 0 aliphatic heterocycles. The molecule has 0 spiro atoms. The van der Waals surface area contributed by atoms with Crippen LogP contribution in [0.3, 0.4) is 0 Å². The first-order chi connectivity index (χ1) is 13.7. The highest BCUT2D eigenvalue weighted by molar-refractivity contribution is 7.09. The lowest BCUT2D eigenvalue weighted by molar-refractivity contribution is 0.302. The third-order valence-electron chi connectivity index (χ3n) is 4.57. The van der Waals surface area contributed by atoms with Crippen molar-refractivity contribution in [3.63, 3.8) is 0 Å². The number of ether oxygens (including phenoxy) is 1. The number of hydrogen-bond acceptors (Lipinski definition) is 5. The molecule has 5 nitrogen and oxygen atoms in total. The van der Waals surface area contributed by atoms with E-state index in [0.717, 1.165) is 47.9 Å². The Kier molecular flexibility index (Phi) is 5.69. The average Bonchev–Trinajstić information content (AvgIpc) is 3.35. The molecule has 4 aromatic rings. The van der Waals surface area contributed by atoms with Crippen molar-refractivity contribution in [2.24, 2.45) is 0 Å². The molecular weight excluding hydrogens is 368 g/mol. The van der Waals surface area contributed by atoms with Gasteiger partial charge in [-0.3, -0.25) is 0 Å². The summed E-state index contributed by atoms with van der Waals surface area (Å²) in [5, 5.41) is 6.77. The van der Waals surface area contributed by atoms with Crippen LogP contribution in [0, 0.1) is 6.92 Å². The molecule has 0 fully saturated rings. The summed E-state index contributed by atoms with van der Waals surface area (Å²) >= 11 is 1.73. The summed E-state index contributed by atoms with van der Waals surface area (Å²) in [5.41, 5.74) is 5.41. The largest absolute Gasteiger partial charge is 0.487 e. The van der Waals surface area contributed by atoms with Gasteiger partial charge in [-0.15, -0.1) is 11.3 Å². The van der Waals surface area contributed by atoms with E-state index >= 15 is 0 Å². The van der Waals surface area contributed by atoms with Gasteiger partial charge in [-0.1, -0.05) is 25.1 Å². The minimum Gasteiger partial charge on any atom is -0.487 e. The fourth-order valence-corrected chi connectivity index (χ4v) is 3.81. The van der Waals surface area contributed by atoms with Gasteiger partial charge in [0.2, 0.25) is 0 Å². The van der Waals surface area contributed by atoms with Gasteiger partial charge in [0.15, 0.2) is 0 Å².